The Morgan fingerprint density at radius 3 is 2.88 bits per heavy atom. The standard InChI is InChI=1S/C22H23F2N7O2/c23-16-9-19(33-7-3-13-10-27-5-6-28-13)17(24)8-15(16)18-12-29-21(25)20(31-18)22(32)30-14-2-1-4-26-11-14/h1-2,4,8-9,11-13,27-28H,3,5-7,10H2,(H2,25,29)(H,30,32). The summed E-state index contributed by atoms with van der Waals surface area (Å²) in [5.41, 5.74) is 5.78. The van der Waals surface area contributed by atoms with Crippen LogP contribution < -0.4 is 26.4 Å². The zero-order valence-electron chi connectivity index (χ0n) is 17.6. The number of amides is 1. The number of ether oxygens (including phenoxy) is 1. The van der Waals surface area contributed by atoms with E-state index < -0.39 is 17.5 Å². The highest BCUT2D eigenvalue weighted by Crippen LogP contribution is 2.29. The molecule has 1 aliphatic rings. The number of hydrogen-bond acceptors (Lipinski definition) is 8. The lowest BCUT2D eigenvalue weighted by Crippen LogP contribution is -2.48. The minimum absolute atomic E-state index is 0.0408. The van der Waals surface area contributed by atoms with Crippen molar-refractivity contribution in [2.24, 2.45) is 0 Å². The molecule has 1 amide bonds. The van der Waals surface area contributed by atoms with Crippen molar-refractivity contribution in [3.05, 3.63) is 60.2 Å². The average molecular weight is 455 g/mol. The van der Waals surface area contributed by atoms with Crippen LogP contribution in [0.25, 0.3) is 11.3 Å². The van der Waals surface area contributed by atoms with Crippen molar-refractivity contribution in [1.82, 2.24) is 25.6 Å². The topological polar surface area (TPSA) is 127 Å². The Morgan fingerprint density at radius 2 is 2.12 bits per heavy atom. The summed E-state index contributed by atoms with van der Waals surface area (Å²) >= 11 is 0. The number of nitrogens with two attached hydrogens (primary N) is 1. The molecule has 3 heterocycles. The van der Waals surface area contributed by atoms with Crippen molar-refractivity contribution in [2.75, 3.05) is 37.3 Å². The van der Waals surface area contributed by atoms with Crippen LogP contribution in [0.2, 0.25) is 0 Å². The van der Waals surface area contributed by atoms with E-state index in [9.17, 15) is 13.6 Å². The first-order valence-corrected chi connectivity index (χ1v) is 10.4. The van der Waals surface area contributed by atoms with Gasteiger partial charge >= 0.3 is 0 Å². The van der Waals surface area contributed by atoms with E-state index in [1.807, 2.05) is 0 Å². The van der Waals surface area contributed by atoms with Crippen molar-refractivity contribution in [1.29, 1.82) is 0 Å². The molecule has 0 saturated carbocycles. The Labute approximate surface area is 188 Å². The quantitative estimate of drug-likeness (QED) is 0.426. The number of rotatable bonds is 7. The van der Waals surface area contributed by atoms with Gasteiger partial charge in [-0.25, -0.2) is 18.7 Å². The van der Waals surface area contributed by atoms with E-state index >= 15 is 0 Å². The zero-order valence-corrected chi connectivity index (χ0v) is 17.6. The number of anilines is 2. The van der Waals surface area contributed by atoms with Gasteiger partial charge in [0.05, 0.1) is 30.4 Å². The molecule has 0 bridgehead atoms. The lowest BCUT2D eigenvalue weighted by Gasteiger charge is -2.24. The number of carbonyl (C=O) groups excluding carboxylic acids is 1. The minimum Gasteiger partial charge on any atom is -0.490 e. The molecule has 4 rings (SSSR count). The highest BCUT2D eigenvalue weighted by molar-refractivity contribution is 6.05. The minimum atomic E-state index is -0.762. The Morgan fingerprint density at radius 1 is 1.24 bits per heavy atom. The zero-order chi connectivity index (χ0) is 23.2. The number of hydrogen-bond donors (Lipinski definition) is 4. The molecule has 3 aromatic rings. The normalized spacial score (nSPS) is 15.8. The van der Waals surface area contributed by atoms with E-state index in [2.05, 4.69) is 30.9 Å². The van der Waals surface area contributed by atoms with Gasteiger partial charge in [0.2, 0.25) is 0 Å². The predicted molar refractivity (Wildman–Crippen MR) is 119 cm³/mol. The molecule has 33 heavy (non-hydrogen) atoms. The number of piperazine rings is 1. The summed E-state index contributed by atoms with van der Waals surface area (Å²) in [4.78, 5) is 24.5. The van der Waals surface area contributed by atoms with Crippen LogP contribution >= 0.6 is 0 Å². The largest absolute Gasteiger partial charge is 0.490 e. The maximum atomic E-state index is 14.8. The highest BCUT2D eigenvalue weighted by atomic mass is 19.1. The number of aromatic nitrogens is 3. The van der Waals surface area contributed by atoms with Gasteiger partial charge in [-0.05, 0) is 24.6 Å². The number of nitrogen functional groups attached to an aromatic ring is 1. The van der Waals surface area contributed by atoms with Gasteiger partial charge in [0, 0.05) is 43.5 Å². The SMILES string of the molecule is Nc1ncc(-c2cc(F)c(OCCC3CNCCN3)cc2F)nc1C(=O)Nc1cccnc1. The van der Waals surface area contributed by atoms with E-state index in [0.29, 0.717) is 12.1 Å². The number of pyridine rings is 1. The van der Waals surface area contributed by atoms with Gasteiger partial charge in [0.1, 0.15) is 5.82 Å². The Hall–Kier alpha value is -3.70. The van der Waals surface area contributed by atoms with Gasteiger partial charge in [-0.2, -0.15) is 0 Å². The molecule has 1 aromatic carbocycles. The molecule has 0 radical (unpaired) electrons. The van der Waals surface area contributed by atoms with Crippen LogP contribution in [0.3, 0.4) is 0 Å². The Kier molecular flexibility index (Phi) is 7.01. The summed E-state index contributed by atoms with van der Waals surface area (Å²) < 4.78 is 34.9. The van der Waals surface area contributed by atoms with E-state index in [0.717, 1.165) is 31.8 Å². The number of halogens is 2. The van der Waals surface area contributed by atoms with Crippen LogP contribution in [0, 0.1) is 11.6 Å². The first-order chi connectivity index (χ1) is 16.0. The molecule has 1 fully saturated rings. The number of nitrogens with one attached hydrogen (secondary N) is 3. The maximum Gasteiger partial charge on any atom is 0.278 e. The van der Waals surface area contributed by atoms with Crippen LogP contribution in [0.1, 0.15) is 16.9 Å². The lowest BCUT2D eigenvalue weighted by molar-refractivity contribution is 0.102. The van der Waals surface area contributed by atoms with Crippen LogP contribution in [-0.2, 0) is 0 Å². The molecule has 0 aliphatic carbocycles. The summed E-state index contributed by atoms with van der Waals surface area (Å²) in [6, 6.07) is 5.42. The second-order valence-corrected chi connectivity index (χ2v) is 7.44. The van der Waals surface area contributed by atoms with Crippen LogP contribution in [-0.4, -0.2) is 53.1 Å². The average Bonchev–Trinajstić information content (AvgIpc) is 2.83. The van der Waals surface area contributed by atoms with Crippen molar-refractivity contribution >= 4 is 17.4 Å². The van der Waals surface area contributed by atoms with Gasteiger partial charge < -0.3 is 26.4 Å². The first-order valence-electron chi connectivity index (χ1n) is 10.4. The van der Waals surface area contributed by atoms with Crippen molar-refractivity contribution < 1.29 is 18.3 Å². The fraction of sp³-hybridized carbons (Fsp3) is 0.273. The van der Waals surface area contributed by atoms with E-state index in [1.165, 1.54) is 12.4 Å². The third kappa shape index (κ3) is 5.57. The molecule has 2 aromatic heterocycles. The van der Waals surface area contributed by atoms with Crippen molar-refractivity contribution in [3.8, 4) is 17.0 Å². The molecule has 1 aliphatic heterocycles. The fourth-order valence-electron chi connectivity index (χ4n) is 3.39. The van der Waals surface area contributed by atoms with Gasteiger partial charge in [0.25, 0.3) is 5.91 Å². The summed E-state index contributed by atoms with van der Waals surface area (Å²) in [5, 5.41) is 9.16. The second kappa shape index (κ2) is 10.3. The third-order valence-electron chi connectivity index (χ3n) is 5.08. The van der Waals surface area contributed by atoms with Gasteiger partial charge in [-0.3, -0.25) is 9.78 Å². The first kappa shape index (κ1) is 22.5. The number of nitrogens with zero attached hydrogens (tertiary/aromatic N) is 3. The summed E-state index contributed by atoms with van der Waals surface area (Å²) in [6.07, 6.45) is 4.82. The van der Waals surface area contributed by atoms with E-state index in [-0.39, 0.29) is 41.2 Å². The van der Waals surface area contributed by atoms with E-state index in [4.69, 9.17) is 10.5 Å². The number of benzene rings is 1. The molecule has 5 N–H and O–H groups in total. The number of carbonyl (C=O) groups is 1. The molecule has 1 atom stereocenters. The van der Waals surface area contributed by atoms with Crippen LogP contribution in [0.15, 0.2) is 42.9 Å². The molecule has 11 heteroatoms. The van der Waals surface area contributed by atoms with Gasteiger partial charge in [-0.15, -0.1) is 0 Å². The van der Waals surface area contributed by atoms with Crippen molar-refractivity contribution in [3.63, 3.8) is 0 Å². The fourth-order valence-corrected chi connectivity index (χ4v) is 3.39. The van der Waals surface area contributed by atoms with Crippen molar-refractivity contribution in [2.45, 2.75) is 12.5 Å². The Bertz CT molecular complexity index is 1130. The molecule has 9 nitrogen and oxygen atoms in total. The summed E-state index contributed by atoms with van der Waals surface area (Å²) in [6.45, 7) is 2.79. The highest BCUT2D eigenvalue weighted by Gasteiger charge is 2.19. The Balaban J connectivity index is 1.49. The second-order valence-electron chi connectivity index (χ2n) is 7.44. The van der Waals surface area contributed by atoms with Crippen LogP contribution in [0.5, 0.6) is 5.75 Å². The maximum absolute atomic E-state index is 14.8. The molecular formula is C22H23F2N7O2. The monoisotopic (exact) mass is 455 g/mol. The van der Waals surface area contributed by atoms with Gasteiger partial charge in [-0.1, -0.05) is 0 Å². The lowest BCUT2D eigenvalue weighted by atomic mass is 10.1. The smallest absolute Gasteiger partial charge is 0.278 e. The summed E-state index contributed by atoms with van der Waals surface area (Å²) in [7, 11) is 0. The third-order valence-corrected chi connectivity index (χ3v) is 5.08. The summed E-state index contributed by atoms with van der Waals surface area (Å²) in [5.74, 6) is -2.51. The molecule has 0 spiro atoms. The van der Waals surface area contributed by atoms with Crippen LogP contribution in [0.4, 0.5) is 20.3 Å². The molecule has 172 valence electrons. The molecular weight excluding hydrogens is 432 g/mol. The molecule has 1 saturated heterocycles. The van der Waals surface area contributed by atoms with Gasteiger partial charge in [0.15, 0.2) is 23.1 Å². The van der Waals surface area contributed by atoms with E-state index in [1.54, 1.807) is 18.3 Å². The predicted octanol–water partition coefficient (Wildman–Crippen LogP) is 1.98. The molecule has 1 unspecified atom stereocenters.